The van der Waals surface area contributed by atoms with Crippen LogP contribution in [0, 0.1) is 0 Å². The topological polar surface area (TPSA) is 98.0 Å². The molecule has 5 nitrogen and oxygen atoms in total. The molecule has 0 aliphatic carbocycles. The lowest BCUT2D eigenvalue weighted by Gasteiger charge is -2.27. The zero-order chi connectivity index (χ0) is 17.9. The average molecular weight is 330 g/mol. The standard InChI is InChI=1S/C19H22O5/c1-11(20)17(13-3-7-15(22)8-4-13)19(24)18(12(2)21)14-5-9-16(23)10-6-14/h3-12,17-18,20-23H,1-2H3. The van der Waals surface area contributed by atoms with Crippen LogP contribution in [-0.2, 0) is 4.79 Å². The summed E-state index contributed by atoms with van der Waals surface area (Å²) in [6, 6.07) is 12.2. The maximum Gasteiger partial charge on any atom is 0.152 e. The van der Waals surface area contributed by atoms with Crippen molar-refractivity contribution in [1.29, 1.82) is 0 Å². The van der Waals surface area contributed by atoms with E-state index >= 15 is 0 Å². The van der Waals surface area contributed by atoms with Crippen molar-refractivity contribution in [2.24, 2.45) is 0 Å². The monoisotopic (exact) mass is 330 g/mol. The number of hydrogen-bond donors (Lipinski definition) is 4. The van der Waals surface area contributed by atoms with Gasteiger partial charge in [0.25, 0.3) is 0 Å². The van der Waals surface area contributed by atoms with E-state index in [9.17, 15) is 25.2 Å². The predicted molar refractivity (Wildman–Crippen MR) is 90.1 cm³/mol. The van der Waals surface area contributed by atoms with Crippen molar-refractivity contribution < 1.29 is 25.2 Å². The number of aliphatic hydroxyl groups excluding tert-OH is 2. The van der Waals surface area contributed by atoms with Gasteiger partial charge in [0, 0.05) is 0 Å². The Morgan fingerprint density at radius 2 is 1.00 bits per heavy atom. The van der Waals surface area contributed by atoms with Crippen LogP contribution in [0.15, 0.2) is 48.5 Å². The molecule has 5 heteroatoms. The van der Waals surface area contributed by atoms with E-state index in [0.717, 1.165) is 0 Å². The van der Waals surface area contributed by atoms with Gasteiger partial charge < -0.3 is 20.4 Å². The highest BCUT2D eigenvalue weighted by Gasteiger charge is 2.35. The Balaban J connectivity index is 2.41. The van der Waals surface area contributed by atoms with Crippen LogP contribution in [0.4, 0.5) is 0 Å². The summed E-state index contributed by atoms with van der Waals surface area (Å²) in [5.41, 5.74) is 1.13. The Kier molecular flexibility index (Phi) is 5.59. The molecule has 2 aromatic rings. The van der Waals surface area contributed by atoms with Crippen LogP contribution in [0.1, 0.15) is 36.8 Å². The first-order valence-corrected chi connectivity index (χ1v) is 7.79. The molecule has 0 saturated carbocycles. The van der Waals surface area contributed by atoms with Gasteiger partial charge in [-0.05, 0) is 49.2 Å². The second-order valence-electron chi connectivity index (χ2n) is 6.02. The van der Waals surface area contributed by atoms with Gasteiger partial charge in [-0.15, -0.1) is 0 Å². The first-order chi connectivity index (χ1) is 11.3. The molecule has 128 valence electrons. The Hall–Kier alpha value is -2.37. The molecule has 2 aromatic carbocycles. The molecule has 24 heavy (non-hydrogen) atoms. The van der Waals surface area contributed by atoms with Gasteiger partial charge in [-0.25, -0.2) is 0 Å². The highest BCUT2D eigenvalue weighted by Crippen LogP contribution is 2.32. The van der Waals surface area contributed by atoms with Gasteiger partial charge in [0.1, 0.15) is 11.5 Å². The SMILES string of the molecule is CC(O)C(C(=O)C(c1ccc(O)cc1)C(C)O)c1ccc(O)cc1. The molecule has 0 amide bonds. The first-order valence-electron chi connectivity index (χ1n) is 7.79. The number of aromatic hydroxyl groups is 2. The molecule has 0 aliphatic heterocycles. The third-order valence-corrected chi connectivity index (χ3v) is 4.08. The highest BCUT2D eigenvalue weighted by atomic mass is 16.3. The van der Waals surface area contributed by atoms with Crippen LogP contribution in [0.2, 0.25) is 0 Å². The second kappa shape index (κ2) is 7.47. The molecule has 2 rings (SSSR count). The minimum absolute atomic E-state index is 0.0705. The maximum atomic E-state index is 13.1. The zero-order valence-corrected chi connectivity index (χ0v) is 13.6. The summed E-state index contributed by atoms with van der Waals surface area (Å²) in [6.45, 7) is 3.04. The number of hydrogen-bond acceptors (Lipinski definition) is 5. The lowest BCUT2D eigenvalue weighted by atomic mass is 9.79. The molecule has 0 spiro atoms. The van der Waals surface area contributed by atoms with Gasteiger partial charge >= 0.3 is 0 Å². The predicted octanol–water partition coefficient (Wildman–Crippen LogP) is 2.30. The van der Waals surface area contributed by atoms with Gasteiger partial charge in [-0.3, -0.25) is 4.79 Å². The molecule has 0 aromatic heterocycles. The minimum Gasteiger partial charge on any atom is -0.508 e. The van der Waals surface area contributed by atoms with Crippen molar-refractivity contribution in [3.8, 4) is 11.5 Å². The highest BCUT2D eigenvalue weighted by molar-refractivity contribution is 5.92. The van der Waals surface area contributed by atoms with E-state index in [4.69, 9.17) is 0 Å². The number of phenols is 2. The van der Waals surface area contributed by atoms with E-state index in [2.05, 4.69) is 0 Å². The van der Waals surface area contributed by atoms with Gasteiger partial charge in [0.15, 0.2) is 5.78 Å². The van der Waals surface area contributed by atoms with Crippen molar-refractivity contribution in [1.82, 2.24) is 0 Å². The number of carbonyl (C=O) groups is 1. The average Bonchev–Trinajstić information content (AvgIpc) is 2.51. The minimum atomic E-state index is -0.958. The third-order valence-electron chi connectivity index (χ3n) is 4.08. The summed E-state index contributed by atoms with van der Waals surface area (Å²) in [5.74, 6) is -1.85. The van der Waals surface area contributed by atoms with Crippen LogP contribution >= 0.6 is 0 Å². The first kappa shape index (κ1) is 18.0. The van der Waals surface area contributed by atoms with Gasteiger partial charge in [-0.2, -0.15) is 0 Å². The third kappa shape index (κ3) is 3.93. The summed E-state index contributed by atoms with van der Waals surface area (Å²) < 4.78 is 0. The fourth-order valence-electron chi connectivity index (χ4n) is 2.92. The number of phenolic OH excluding ortho intramolecular Hbond substituents is 2. The molecule has 0 fully saturated rings. The molecule has 0 heterocycles. The van der Waals surface area contributed by atoms with Crippen LogP contribution in [0.25, 0.3) is 0 Å². The Labute approximate surface area is 140 Å². The molecule has 0 bridgehead atoms. The molecule has 4 atom stereocenters. The van der Waals surface area contributed by atoms with Gasteiger partial charge in [-0.1, -0.05) is 24.3 Å². The van der Waals surface area contributed by atoms with Gasteiger partial charge in [0.2, 0.25) is 0 Å². The second-order valence-corrected chi connectivity index (χ2v) is 6.02. The molecule has 0 radical (unpaired) electrons. The van der Waals surface area contributed by atoms with Gasteiger partial charge in [0.05, 0.1) is 24.0 Å². The van der Waals surface area contributed by atoms with Crippen molar-refractivity contribution in [2.45, 2.75) is 37.9 Å². The number of Topliss-reactive ketones (excluding diaryl/α,β-unsaturated/α-hetero) is 1. The Morgan fingerprint density at radius 1 is 0.708 bits per heavy atom. The maximum absolute atomic E-state index is 13.1. The van der Waals surface area contributed by atoms with Crippen LogP contribution < -0.4 is 0 Å². The fraction of sp³-hybridized carbons (Fsp3) is 0.316. The van der Waals surface area contributed by atoms with E-state index in [1.165, 1.54) is 38.1 Å². The van der Waals surface area contributed by atoms with E-state index < -0.39 is 24.0 Å². The summed E-state index contributed by atoms with van der Waals surface area (Å²) in [6.07, 6.45) is -1.92. The molecular formula is C19H22O5. The van der Waals surface area contributed by atoms with Crippen molar-refractivity contribution in [2.75, 3.05) is 0 Å². The van der Waals surface area contributed by atoms with E-state index in [0.29, 0.717) is 11.1 Å². The number of rotatable bonds is 6. The molecule has 4 N–H and O–H groups in total. The van der Waals surface area contributed by atoms with E-state index in [-0.39, 0.29) is 17.3 Å². The largest absolute Gasteiger partial charge is 0.508 e. The fourth-order valence-corrected chi connectivity index (χ4v) is 2.92. The van der Waals surface area contributed by atoms with Crippen LogP contribution in [-0.4, -0.2) is 38.4 Å². The molecule has 4 unspecified atom stereocenters. The number of benzene rings is 2. The lowest BCUT2D eigenvalue weighted by molar-refractivity contribution is -0.126. The van der Waals surface area contributed by atoms with E-state index in [1.807, 2.05) is 0 Å². The van der Waals surface area contributed by atoms with Crippen LogP contribution in [0.5, 0.6) is 11.5 Å². The van der Waals surface area contributed by atoms with Crippen molar-refractivity contribution >= 4 is 5.78 Å². The number of aliphatic hydroxyl groups is 2. The zero-order valence-electron chi connectivity index (χ0n) is 13.6. The van der Waals surface area contributed by atoms with Crippen molar-refractivity contribution in [3.63, 3.8) is 0 Å². The van der Waals surface area contributed by atoms with Crippen molar-refractivity contribution in [3.05, 3.63) is 59.7 Å². The summed E-state index contributed by atoms with van der Waals surface area (Å²) >= 11 is 0. The summed E-state index contributed by atoms with van der Waals surface area (Å²) in [4.78, 5) is 13.1. The summed E-state index contributed by atoms with van der Waals surface area (Å²) in [5, 5.41) is 39.1. The quantitative estimate of drug-likeness (QED) is 0.651. The smallest absolute Gasteiger partial charge is 0.152 e. The number of ketones is 1. The Morgan fingerprint density at radius 3 is 1.25 bits per heavy atom. The van der Waals surface area contributed by atoms with Crippen LogP contribution in [0.3, 0.4) is 0 Å². The molecule has 0 saturated heterocycles. The lowest BCUT2D eigenvalue weighted by Crippen LogP contribution is -2.33. The summed E-state index contributed by atoms with van der Waals surface area (Å²) in [7, 11) is 0. The molecule has 0 aliphatic rings. The number of carbonyl (C=O) groups excluding carboxylic acids is 1. The Bertz CT molecular complexity index is 614. The van der Waals surface area contributed by atoms with E-state index in [1.54, 1.807) is 24.3 Å². The molecular weight excluding hydrogens is 308 g/mol. The normalized spacial score (nSPS) is 16.2.